The number of nitrogens with one attached hydrogen (secondary N) is 1. The Balaban J connectivity index is 1.74. The Bertz CT molecular complexity index is 195. The van der Waals surface area contributed by atoms with E-state index in [1.807, 2.05) is 6.92 Å². The summed E-state index contributed by atoms with van der Waals surface area (Å²) in [6.45, 7) is 4.87. The van der Waals surface area contributed by atoms with E-state index in [-0.39, 0.29) is 0 Å². The van der Waals surface area contributed by atoms with Crippen LogP contribution in [0.5, 0.6) is 0 Å². The minimum atomic E-state index is -0.503. The molecule has 0 aliphatic heterocycles. The fourth-order valence-electron chi connectivity index (χ4n) is 2.59. The van der Waals surface area contributed by atoms with Crippen molar-refractivity contribution in [3.8, 4) is 0 Å². The predicted molar refractivity (Wildman–Crippen MR) is 62.8 cm³/mol. The van der Waals surface area contributed by atoms with E-state index in [0.717, 1.165) is 31.2 Å². The molecule has 2 aliphatic carbocycles. The molecule has 1 atom stereocenters. The van der Waals surface area contributed by atoms with Gasteiger partial charge in [-0.25, -0.2) is 0 Å². The summed E-state index contributed by atoms with van der Waals surface area (Å²) in [7, 11) is 0. The number of hydrogen-bond donors (Lipinski definition) is 2. The Morgan fingerprint density at radius 2 is 1.80 bits per heavy atom. The molecule has 0 amide bonds. The van der Waals surface area contributed by atoms with Crippen molar-refractivity contribution in [1.82, 2.24) is 5.32 Å². The smallest absolute Gasteiger partial charge is 0.0743 e. The molecule has 0 aromatic rings. The molecule has 0 aromatic heterocycles. The van der Waals surface area contributed by atoms with E-state index < -0.39 is 5.60 Å². The van der Waals surface area contributed by atoms with Crippen LogP contribution >= 0.6 is 0 Å². The highest BCUT2D eigenvalue weighted by atomic mass is 16.3. The molecule has 0 heterocycles. The zero-order chi connectivity index (χ0) is 10.9. The van der Waals surface area contributed by atoms with Crippen molar-refractivity contribution in [3.63, 3.8) is 0 Å². The molecule has 2 aliphatic rings. The van der Waals surface area contributed by atoms with Crippen LogP contribution in [0.2, 0.25) is 0 Å². The van der Waals surface area contributed by atoms with Crippen molar-refractivity contribution in [1.29, 1.82) is 0 Å². The van der Waals surface area contributed by atoms with Gasteiger partial charge in [-0.15, -0.1) is 0 Å². The summed E-state index contributed by atoms with van der Waals surface area (Å²) in [5, 5.41) is 13.7. The van der Waals surface area contributed by atoms with Gasteiger partial charge in [-0.3, -0.25) is 0 Å². The molecule has 0 radical (unpaired) electrons. The number of aliphatic hydroxyl groups is 1. The van der Waals surface area contributed by atoms with E-state index in [4.69, 9.17) is 0 Å². The van der Waals surface area contributed by atoms with E-state index in [9.17, 15) is 5.11 Å². The highest BCUT2D eigenvalue weighted by molar-refractivity contribution is 4.97. The summed E-state index contributed by atoms with van der Waals surface area (Å²) in [6, 6.07) is 0.716. The van der Waals surface area contributed by atoms with Gasteiger partial charge in [-0.2, -0.15) is 0 Å². The van der Waals surface area contributed by atoms with E-state index in [1.54, 1.807) is 0 Å². The van der Waals surface area contributed by atoms with Crippen molar-refractivity contribution in [2.75, 3.05) is 6.54 Å². The van der Waals surface area contributed by atoms with E-state index in [0.29, 0.717) is 6.04 Å². The Kier molecular flexibility index (Phi) is 3.36. The van der Waals surface area contributed by atoms with Crippen molar-refractivity contribution < 1.29 is 5.11 Å². The molecular weight excluding hydrogens is 186 g/mol. The van der Waals surface area contributed by atoms with Crippen molar-refractivity contribution in [3.05, 3.63) is 0 Å². The third-order valence-electron chi connectivity index (χ3n) is 3.77. The largest absolute Gasteiger partial charge is 0.389 e. The maximum Gasteiger partial charge on any atom is 0.0743 e. The van der Waals surface area contributed by atoms with Crippen molar-refractivity contribution in [2.45, 2.75) is 64.0 Å². The van der Waals surface area contributed by atoms with Gasteiger partial charge in [0.05, 0.1) is 5.60 Å². The first-order valence-corrected chi connectivity index (χ1v) is 6.58. The lowest BCUT2D eigenvalue weighted by Crippen LogP contribution is -2.44. The van der Waals surface area contributed by atoms with Crippen molar-refractivity contribution >= 4 is 0 Å². The second kappa shape index (κ2) is 4.42. The average molecular weight is 211 g/mol. The summed E-state index contributed by atoms with van der Waals surface area (Å²) in [5.41, 5.74) is -0.503. The molecule has 0 bridgehead atoms. The zero-order valence-corrected chi connectivity index (χ0v) is 10.1. The fourth-order valence-corrected chi connectivity index (χ4v) is 2.59. The zero-order valence-electron chi connectivity index (χ0n) is 10.1. The topological polar surface area (TPSA) is 32.3 Å². The third-order valence-corrected chi connectivity index (χ3v) is 3.77. The maximum absolute atomic E-state index is 10.1. The second-order valence-electron chi connectivity index (χ2n) is 5.83. The SMILES string of the molecule is CCCC(C)(O)CNC(C1CC1)C1CC1. The van der Waals surface area contributed by atoms with Crippen LogP contribution in [0.4, 0.5) is 0 Å². The normalized spacial score (nSPS) is 25.6. The van der Waals surface area contributed by atoms with Gasteiger partial charge >= 0.3 is 0 Å². The standard InChI is InChI=1S/C13H25NO/c1-3-8-13(2,15)9-14-12(10-4-5-10)11-6-7-11/h10-12,14-15H,3-9H2,1-2H3. The number of hydrogen-bond acceptors (Lipinski definition) is 2. The molecule has 2 N–H and O–H groups in total. The lowest BCUT2D eigenvalue weighted by atomic mass is 9.99. The van der Waals surface area contributed by atoms with Gasteiger partial charge < -0.3 is 10.4 Å². The van der Waals surface area contributed by atoms with Crippen LogP contribution in [-0.2, 0) is 0 Å². The summed E-state index contributed by atoms with van der Waals surface area (Å²) >= 11 is 0. The monoisotopic (exact) mass is 211 g/mol. The minimum Gasteiger partial charge on any atom is -0.389 e. The van der Waals surface area contributed by atoms with Crippen LogP contribution in [0.3, 0.4) is 0 Å². The van der Waals surface area contributed by atoms with Gasteiger partial charge in [-0.1, -0.05) is 13.3 Å². The van der Waals surface area contributed by atoms with E-state index in [2.05, 4.69) is 12.2 Å². The third kappa shape index (κ3) is 3.46. The first-order chi connectivity index (χ1) is 7.12. The minimum absolute atomic E-state index is 0.503. The van der Waals surface area contributed by atoms with Crippen LogP contribution in [0.1, 0.15) is 52.4 Å². The first-order valence-electron chi connectivity index (χ1n) is 6.58. The molecule has 2 saturated carbocycles. The van der Waals surface area contributed by atoms with Gasteiger partial charge in [0.1, 0.15) is 0 Å². The summed E-state index contributed by atoms with van der Waals surface area (Å²) in [6.07, 6.45) is 7.59. The van der Waals surface area contributed by atoms with Gasteiger partial charge in [0.2, 0.25) is 0 Å². The van der Waals surface area contributed by atoms with Crippen LogP contribution in [0, 0.1) is 11.8 Å². The van der Waals surface area contributed by atoms with Gasteiger partial charge in [0.15, 0.2) is 0 Å². The molecule has 2 rings (SSSR count). The average Bonchev–Trinajstić information content (AvgIpc) is 2.99. The molecule has 1 unspecified atom stereocenters. The Hall–Kier alpha value is -0.0800. The first kappa shape index (κ1) is 11.4. The number of rotatable bonds is 7. The lowest BCUT2D eigenvalue weighted by Gasteiger charge is -2.27. The maximum atomic E-state index is 10.1. The molecule has 0 saturated heterocycles. The quantitative estimate of drug-likeness (QED) is 0.677. The van der Waals surface area contributed by atoms with Gasteiger partial charge in [-0.05, 0) is 50.9 Å². The highest BCUT2D eigenvalue weighted by Gasteiger charge is 2.41. The Morgan fingerprint density at radius 1 is 1.27 bits per heavy atom. The molecular formula is C13H25NO. The second-order valence-corrected chi connectivity index (χ2v) is 5.83. The summed E-state index contributed by atoms with van der Waals surface area (Å²) < 4.78 is 0. The Labute approximate surface area is 93.5 Å². The van der Waals surface area contributed by atoms with Gasteiger partial charge in [0, 0.05) is 12.6 Å². The van der Waals surface area contributed by atoms with Crippen LogP contribution in [-0.4, -0.2) is 23.3 Å². The fraction of sp³-hybridized carbons (Fsp3) is 1.00. The molecule has 2 fully saturated rings. The Morgan fingerprint density at radius 3 is 2.20 bits per heavy atom. The van der Waals surface area contributed by atoms with E-state index >= 15 is 0 Å². The van der Waals surface area contributed by atoms with Gasteiger partial charge in [0.25, 0.3) is 0 Å². The van der Waals surface area contributed by atoms with E-state index in [1.165, 1.54) is 25.7 Å². The van der Waals surface area contributed by atoms with Crippen LogP contribution < -0.4 is 5.32 Å². The molecule has 15 heavy (non-hydrogen) atoms. The molecule has 2 heteroatoms. The highest BCUT2D eigenvalue weighted by Crippen LogP contribution is 2.44. The summed E-state index contributed by atoms with van der Waals surface area (Å²) in [4.78, 5) is 0. The van der Waals surface area contributed by atoms with Crippen LogP contribution in [0.15, 0.2) is 0 Å². The predicted octanol–water partition coefficient (Wildman–Crippen LogP) is 2.32. The molecule has 2 nitrogen and oxygen atoms in total. The summed E-state index contributed by atoms with van der Waals surface area (Å²) in [5.74, 6) is 1.85. The molecule has 88 valence electrons. The molecule has 0 aromatic carbocycles. The molecule has 0 spiro atoms. The lowest BCUT2D eigenvalue weighted by molar-refractivity contribution is 0.0455. The van der Waals surface area contributed by atoms with Crippen LogP contribution in [0.25, 0.3) is 0 Å². The van der Waals surface area contributed by atoms with Crippen molar-refractivity contribution in [2.24, 2.45) is 11.8 Å².